The van der Waals surface area contributed by atoms with Gasteiger partial charge in [0, 0.05) is 19.6 Å². The first-order chi connectivity index (χ1) is 12.6. The highest BCUT2D eigenvalue weighted by atomic mass is 16.5. The van der Waals surface area contributed by atoms with Crippen molar-refractivity contribution in [2.24, 2.45) is 0 Å². The summed E-state index contributed by atoms with van der Waals surface area (Å²) in [6.07, 6.45) is 12.9. The maximum Gasteiger partial charge on any atom is 0.164 e. The van der Waals surface area contributed by atoms with Crippen molar-refractivity contribution in [1.29, 1.82) is 0 Å². The molecule has 0 fully saturated rings. The number of Topliss-reactive ketones (excluding diaryl/α,β-unsaturated/α-hetero) is 1. The standard InChI is InChI=1S/C21H42O5/c1-2-3-4-5-6-7-10-13-16-26-17-14-11-8-9-12-15-19(23)21(25)20(24)18-22/h20-22,24-25H,2-18H2,1H3. The minimum atomic E-state index is -1.45. The Kier molecular flexibility index (Phi) is 18.9. The van der Waals surface area contributed by atoms with E-state index in [-0.39, 0.29) is 12.2 Å². The van der Waals surface area contributed by atoms with E-state index in [2.05, 4.69) is 6.92 Å². The molecule has 0 aliphatic rings. The summed E-state index contributed by atoms with van der Waals surface area (Å²) in [5, 5.41) is 27.3. The molecular formula is C21H42O5. The first-order valence-corrected chi connectivity index (χ1v) is 10.7. The van der Waals surface area contributed by atoms with Gasteiger partial charge in [0.2, 0.25) is 0 Å². The van der Waals surface area contributed by atoms with Crippen LogP contribution < -0.4 is 0 Å². The predicted molar refractivity (Wildman–Crippen MR) is 105 cm³/mol. The molecule has 3 N–H and O–H groups in total. The Morgan fingerprint density at radius 1 is 0.769 bits per heavy atom. The van der Waals surface area contributed by atoms with E-state index in [0.717, 1.165) is 45.3 Å². The summed E-state index contributed by atoms with van der Waals surface area (Å²) in [7, 11) is 0. The average Bonchev–Trinajstić information content (AvgIpc) is 2.66. The van der Waals surface area contributed by atoms with Crippen LogP contribution in [0.25, 0.3) is 0 Å². The van der Waals surface area contributed by atoms with Gasteiger partial charge >= 0.3 is 0 Å². The largest absolute Gasteiger partial charge is 0.394 e. The fraction of sp³-hybridized carbons (Fsp3) is 0.952. The molecule has 0 saturated carbocycles. The van der Waals surface area contributed by atoms with Gasteiger partial charge in [-0.25, -0.2) is 0 Å². The summed E-state index contributed by atoms with van der Waals surface area (Å²) in [5.74, 6) is -0.389. The van der Waals surface area contributed by atoms with Crippen molar-refractivity contribution in [3.05, 3.63) is 0 Å². The fourth-order valence-electron chi connectivity index (χ4n) is 2.94. The van der Waals surface area contributed by atoms with Gasteiger partial charge in [-0.1, -0.05) is 71.1 Å². The highest BCUT2D eigenvalue weighted by Crippen LogP contribution is 2.10. The number of rotatable bonds is 20. The second-order valence-corrected chi connectivity index (χ2v) is 7.27. The molecule has 0 rings (SSSR count). The molecule has 0 radical (unpaired) electrons. The smallest absolute Gasteiger partial charge is 0.164 e. The molecule has 0 heterocycles. The summed E-state index contributed by atoms with van der Waals surface area (Å²) in [6, 6.07) is 0. The van der Waals surface area contributed by atoms with Gasteiger partial charge in [-0.05, 0) is 19.3 Å². The molecule has 26 heavy (non-hydrogen) atoms. The minimum Gasteiger partial charge on any atom is -0.394 e. The van der Waals surface area contributed by atoms with Crippen LogP contribution in [0.15, 0.2) is 0 Å². The van der Waals surface area contributed by atoms with Crippen molar-refractivity contribution >= 4 is 5.78 Å². The lowest BCUT2D eigenvalue weighted by molar-refractivity contribution is -0.134. The third-order valence-electron chi connectivity index (χ3n) is 4.74. The van der Waals surface area contributed by atoms with Gasteiger partial charge in [0.25, 0.3) is 0 Å². The minimum absolute atomic E-state index is 0.257. The molecule has 2 unspecified atom stereocenters. The van der Waals surface area contributed by atoms with Gasteiger partial charge in [-0.3, -0.25) is 4.79 Å². The molecule has 0 saturated heterocycles. The Morgan fingerprint density at radius 2 is 1.23 bits per heavy atom. The topological polar surface area (TPSA) is 87.0 Å². The molecule has 0 aliphatic carbocycles. The molecule has 156 valence electrons. The molecule has 0 bridgehead atoms. The lowest BCUT2D eigenvalue weighted by atomic mass is 10.0. The Bertz CT molecular complexity index is 309. The number of ketones is 1. The SMILES string of the molecule is CCCCCCCCCCOCCCCCCCC(=O)C(O)C(O)CO. The van der Waals surface area contributed by atoms with E-state index >= 15 is 0 Å². The normalized spacial score (nSPS) is 13.7. The highest BCUT2D eigenvalue weighted by molar-refractivity contribution is 5.83. The van der Waals surface area contributed by atoms with Crippen molar-refractivity contribution in [1.82, 2.24) is 0 Å². The van der Waals surface area contributed by atoms with Gasteiger partial charge < -0.3 is 20.1 Å². The molecule has 0 aromatic carbocycles. The van der Waals surface area contributed by atoms with E-state index in [4.69, 9.17) is 9.84 Å². The Labute approximate surface area is 160 Å². The van der Waals surface area contributed by atoms with Crippen molar-refractivity contribution < 1.29 is 24.9 Å². The second kappa shape index (κ2) is 19.3. The molecule has 2 atom stereocenters. The number of aliphatic hydroxyl groups is 3. The van der Waals surface area contributed by atoms with Crippen molar-refractivity contribution in [3.8, 4) is 0 Å². The van der Waals surface area contributed by atoms with Crippen molar-refractivity contribution in [3.63, 3.8) is 0 Å². The Balaban J connectivity index is 3.21. The van der Waals surface area contributed by atoms with E-state index in [0.29, 0.717) is 6.42 Å². The second-order valence-electron chi connectivity index (χ2n) is 7.27. The van der Waals surface area contributed by atoms with Crippen LogP contribution in [0.1, 0.15) is 96.8 Å². The van der Waals surface area contributed by atoms with E-state index in [9.17, 15) is 15.0 Å². The zero-order valence-corrected chi connectivity index (χ0v) is 16.8. The molecule has 0 amide bonds. The summed E-state index contributed by atoms with van der Waals surface area (Å²) in [6.45, 7) is 3.34. The van der Waals surface area contributed by atoms with Crippen LogP contribution in [0.4, 0.5) is 0 Å². The van der Waals surface area contributed by atoms with Gasteiger partial charge in [0.05, 0.1) is 6.61 Å². The number of hydrogen-bond donors (Lipinski definition) is 3. The molecule has 0 aliphatic heterocycles. The van der Waals surface area contributed by atoms with Crippen LogP contribution in [0.2, 0.25) is 0 Å². The monoisotopic (exact) mass is 374 g/mol. The molecule has 0 spiro atoms. The number of carbonyl (C=O) groups excluding carboxylic acids is 1. The maximum absolute atomic E-state index is 11.6. The van der Waals surface area contributed by atoms with Gasteiger partial charge in [0.15, 0.2) is 5.78 Å². The zero-order valence-electron chi connectivity index (χ0n) is 16.8. The summed E-state index contributed by atoms with van der Waals surface area (Å²) < 4.78 is 5.66. The fourth-order valence-corrected chi connectivity index (χ4v) is 2.94. The molecular weight excluding hydrogens is 332 g/mol. The van der Waals surface area contributed by atoms with Crippen LogP contribution in [-0.2, 0) is 9.53 Å². The zero-order chi connectivity index (χ0) is 19.5. The van der Waals surface area contributed by atoms with E-state index < -0.39 is 18.8 Å². The first kappa shape index (κ1) is 25.5. The maximum atomic E-state index is 11.6. The molecule has 0 aromatic heterocycles. The van der Waals surface area contributed by atoms with Gasteiger partial charge in [-0.2, -0.15) is 0 Å². The molecule has 0 aromatic rings. The summed E-state index contributed by atoms with van der Waals surface area (Å²) >= 11 is 0. The number of carbonyl (C=O) groups is 1. The van der Waals surface area contributed by atoms with Crippen molar-refractivity contribution in [2.45, 2.75) is 109 Å². The molecule has 5 nitrogen and oxygen atoms in total. The van der Waals surface area contributed by atoms with Gasteiger partial charge in [0.1, 0.15) is 12.2 Å². The van der Waals surface area contributed by atoms with Crippen LogP contribution in [-0.4, -0.2) is 53.1 Å². The first-order valence-electron chi connectivity index (χ1n) is 10.7. The highest BCUT2D eigenvalue weighted by Gasteiger charge is 2.22. The number of unbranched alkanes of at least 4 members (excludes halogenated alkanes) is 11. The lowest BCUT2D eigenvalue weighted by Crippen LogP contribution is -2.36. The van der Waals surface area contributed by atoms with E-state index in [1.54, 1.807) is 0 Å². The van der Waals surface area contributed by atoms with E-state index in [1.807, 2.05) is 0 Å². The summed E-state index contributed by atoms with van der Waals surface area (Å²) in [5.41, 5.74) is 0. The summed E-state index contributed by atoms with van der Waals surface area (Å²) in [4.78, 5) is 11.6. The number of ether oxygens (including phenoxy) is 1. The quantitative estimate of drug-likeness (QED) is 0.282. The average molecular weight is 375 g/mol. The van der Waals surface area contributed by atoms with Crippen LogP contribution in [0.5, 0.6) is 0 Å². The predicted octanol–water partition coefficient (Wildman–Crippen LogP) is 3.77. The number of aliphatic hydroxyl groups excluding tert-OH is 3. The van der Waals surface area contributed by atoms with Crippen LogP contribution >= 0.6 is 0 Å². The van der Waals surface area contributed by atoms with Crippen LogP contribution in [0.3, 0.4) is 0 Å². The third-order valence-corrected chi connectivity index (χ3v) is 4.74. The van der Waals surface area contributed by atoms with E-state index in [1.165, 1.54) is 44.9 Å². The van der Waals surface area contributed by atoms with Crippen LogP contribution in [0, 0.1) is 0 Å². The number of hydrogen-bond acceptors (Lipinski definition) is 5. The lowest BCUT2D eigenvalue weighted by Gasteiger charge is -2.13. The third kappa shape index (κ3) is 15.7. The van der Waals surface area contributed by atoms with Crippen molar-refractivity contribution in [2.75, 3.05) is 19.8 Å². The Hall–Kier alpha value is -0.490. The van der Waals surface area contributed by atoms with Gasteiger partial charge in [-0.15, -0.1) is 0 Å². The molecule has 5 heteroatoms. The Morgan fingerprint density at radius 3 is 1.73 bits per heavy atom.